The second-order valence-corrected chi connectivity index (χ2v) is 11.1. The number of thiophene rings is 2. The van der Waals surface area contributed by atoms with Crippen LogP contribution in [0.4, 0.5) is 0 Å². The quantitative estimate of drug-likeness (QED) is 0.255. The third-order valence-electron chi connectivity index (χ3n) is 6.46. The minimum Gasteiger partial charge on any atom is -0.287 e. The fourth-order valence-electron chi connectivity index (χ4n) is 4.67. The molecule has 4 aromatic heterocycles. The molecule has 6 aromatic rings. The van der Waals surface area contributed by atoms with E-state index in [1.807, 2.05) is 35.0 Å². The number of nitrogens with zero attached hydrogens (tertiary/aromatic N) is 4. The predicted molar refractivity (Wildman–Crippen MR) is 147 cm³/mol. The van der Waals surface area contributed by atoms with Crippen molar-refractivity contribution in [3.05, 3.63) is 102 Å². The molecule has 1 aliphatic rings. The molecule has 176 valence electrons. The number of aromatic nitrogens is 4. The van der Waals surface area contributed by atoms with Gasteiger partial charge >= 0.3 is 0 Å². The number of hydrogen-bond donors (Lipinski definition) is 0. The van der Waals surface area contributed by atoms with E-state index < -0.39 is 0 Å². The Bertz CT molecular complexity index is 1810. The molecule has 0 spiro atoms. The molecule has 7 rings (SSSR count). The largest absolute Gasteiger partial charge is 0.287 e. The Balaban J connectivity index is 1.38. The lowest BCUT2D eigenvalue weighted by molar-refractivity contribution is 0.522. The molecule has 0 radical (unpaired) electrons. The fourth-order valence-corrected chi connectivity index (χ4v) is 6.83. The summed E-state index contributed by atoms with van der Waals surface area (Å²) in [6.07, 6.45) is 0. The maximum atomic E-state index is 13.7. The molecule has 0 fully saturated rings. The van der Waals surface area contributed by atoms with Crippen LogP contribution < -0.4 is 11.1 Å². The van der Waals surface area contributed by atoms with Gasteiger partial charge in [0.2, 0.25) is 0 Å². The van der Waals surface area contributed by atoms with Gasteiger partial charge in [-0.25, -0.2) is 9.97 Å². The van der Waals surface area contributed by atoms with Gasteiger partial charge in [0, 0.05) is 31.9 Å². The van der Waals surface area contributed by atoms with Crippen molar-refractivity contribution in [2.24, 2.45) is 0 Å². The molecule has 0 N–H and O–H groups in total. The number of benzene rings is 2. The summed E-state index contributed by atoms with van der Waals surface area (Å²) in [6, 6.07) is 14.8. The summed E-state index contributed by atoms with van der Waals surface area (Å²) in [7, 11) is 0. The standard InChI is InChI=1S/C26H14Cl2N4O2S2/c27-15-5-1-13(2-6-15)17-11-35-23-21(17)25(33)31-9-20-30-24-22(26(34)32(20)10-19(31)29-23)18(12-36-24)14-3-7-16(28)8-4-14/h1-8,11-12H,9-10H2. The molecule has 0 saturated heterocycles. The van der Waals surface area contributed by atoms with Gasteiger partial charge in [-0.15, -0.1) is 22.7 Å². The first-order valence-corrected chi connectivity index (χ1v) is 13.5. The summed E-state index contributed by atoms with van der Waals surface area (Å²) in [5.41, 5.74) is 3.22. The highest BCUT2D eigenvalue weighted by molar-refractivity contribution is 7.17. The highest BCUT2D eigenvalue weighted by Crippen LogP contribution is 2.34. The van der Waals surface area contributed by atoms with Crippen LogP contribution in [0, 0.1) is 0 Å². The molecule has 0 unspecified atom stereocenters. The summed E-state index contributed by atoms with van der Waals surface area (Å²) >= 11 is 14.9. The Kier molecular flexibility index (Phi) is 4.94. The maximum Gasteiger partial charge on any atom is 0.263 e. The molecule has 10 heteroatoms. The normalized spacial score (nSPS) is 12.7. The lowest BCUT2D eigenvalue weighted by Crippen LogP contribution is -2.37. The summed E-state index contributed by atoms with van der Waals surface area (Å²) in [5.74, 6) is 1.10. The van der Waals surface area contributed by atoms with Crippen molar-refractivity contribution >= 4 is 66.3 Å². The first-order chi connectivity index (χ1) is 17.5. The molecule has 5 heterocycles. The van der Waals surface area contributed by atoms with E-state index in [9.17, 15) is 9.59 Å². The van der Waals surface area contributed by atoms with Crippen molar-refractivity contribution in [1.29, 1.82) is 0 Å². The van der Waals surface area contributed by atoms with Crippen molar-refractivity contribution in [2.45, 2.75) is 13.1 Å². The average Bonchev–Trinajstić information content (AvgIpc) is 3.50. The predicted octanol–water partition coefficient (Wildman–Crippen LogP) is 6.28. The van der Waals surface area contributed by atoms with Gasteiger partial charge in [-0.1, -0.05) is 47.5 Å². The molecular formula is C26H14Cl2N4O2S2. The van der Waals surface area contributed by atoms with Crippen LogP contribution in [0.15, 0.2) is 68.9 Å². The summed E-state index contributed by atoms with van der Waals surface area (Å²) in [5, 5.41) is 6.31. The molecule has 36 heavy (non-hydrogen) atoms. The van der Waals surface area contributed by atoms with Crippen LogP contribution in [-0.4, -0.2) is 19.1 Å². The topological polar surface area (TPSA) is 69.8 Å². The van der Waals surface area contributed by atoms with Crippen LogP contribution in [0.1, 0.15) is 11.6 Å². The average molecular weight is 549 g/mol. The summed E-state index contributed by atoms with van der Waals surface area (Å²) in [4.78, 5) is 38.2. The Morgan fingerprint density at radius 1 is 0.639 bits per heavy atom. The molecule has 0 bridgehead atoms. The Hall–Kier alpha value is -3.30. The molecule has 0 aliphatic carbocycles. The van der Waals surface area contributed by atoms with Gasteiger partial charge in [0.25, 0.3) is 11.1 Å². The molecular weight excluding hydrogens is 535 g/mol. The summed E-state index contributed by atoms with van der Waals surface area (Å²) < 4.78 is 3.27. The van der Waals surface area contributed by atoms with Gasteiger partial charge < -0.3 is 0 Å². The zero-order valence-electron chi connectivity index (χ0n) is 18.4. The van der Waals surface area contributed by atoms with Gasteiger partial charge in [-0.05, 0) is 35.4 Å². The van der Waals surface area contributed by atoms with E-state index in [0.717, 1.165) is 22.3 Å². The number of halogens is 2. The van der Waals surface area contributed by atoms with E-state index in [2.05, 4.69) is 0 Å². The highest BCUT2D eigenvalue weighted by atomic mass is 35.5. The van der Waals surface area contributed by atoms with Gasteiger partial charge in [0.05, 0.1) is 23.9 Å². The number of fused-ring (bicyclic) bond motifs is 4. The van der Waals surface area contributed by atoms with E-state index >= 15 is 0 Å². The van der Waals surface area contributed by atoms with Gasteiger partial charge in [0.15, 0.2) is 0 Å². The van der Waals surface area contributed by atoms with E-state index in [4.69, 9.17) is 33.2 Å². The van der Waals surface area contributed by atoms with Crippen LogP contribution >= 0.6 is 45.9 Å². The van der Waals surface area contributed by atoms with Crippen molar-refractivity contribution in [3.8, 4) is 22.3 Å². The van der Waals surface area contributed by atoms with Gasteiger partial charge in [-0.2, -0.15) is 0 Å². The Morgan fingerprint density at radius 3 is 1.42 bits per heavy atom. The van der Waals surface area contributed by atoms with Crippen LogP contribution in [0.3, 0.4) is 0 Å². The minimum atomic E-state index is -0.130. The van der Waals surface area contributed by atoms with Crippen LogP contribution in [0.5, 0.6) is 0 Å². The van der Waals surface area contributed by atoms with Crippen LogP contribution in [0.25, 0.3) is 42.7 Å². The highest BCUT2D eigenvalue weighted by Gasteiger charge is 2.25. The van der Waals surface area contributed by atoms with E-state index in [0.29, 0.717) is 42.1 Å². The lowest BCUT2D eigenvalue weighted by atomic mass is 10.1. The second-order valence-electron chi connectivity index (χ2n) is 8.51. The van der Waals surface area contributed by atoms with Crippen molar-refractivity contribution < 1.29 is 0 Å². The number of hydrogen-bond acceptors (Lipinski definition) is 6. The first-order valence-electron chi connectivity index (χ1n) is 11.0. The molecule has 0 atom stereocenters. The zero-order chi connectivity index (χ0) is 24.6. The lowest BCUT2D eigenvalue weighted by Gasteiger charge is -2.22. The van der Waals surface area contributed by atoms with Crippen LogP contribution in [-0.2, 0) is 13.1 Å². The minimum absolute atomic E-state index is 0.130. The van der Waals surface area contributed by atoms with E-state index in [1.165, 1.54) is 22.7 Å². The summed E-state index contributed by atoms with van der Waals surface area (Å²) in [6.45, 7) is 0.374. The van der Waals surface area contributed by atoms with Crippen molar-refractivity contribution in [3.63, 3.8) is 0 Å². The number of rotatable bonds is 2. The smallest absolute Gasteiger partial charge is 0.263 e. The van der Waals surface area contributed by atoms with E-state index in [-0.39, 0.29) is 24.2 Å². The molecule has 1 aliphatic heterocycles. The second kappa shape index (κ2) is 8.11. The zero-order valence-corrected chi connectivity index (χ0v) is 21.5. The third kappa shape index (κ3) is 3.29. The molecule has 0 amide bonds. The fraction of sp³-hybridized carbons (Fsp3) is 0.0769. The maximum absolute atomic E-state index is 13.7. The first kappa shape index (κ1) is 21.9. The Morgan fingerprint density at radius 2 is 1.03 bits per heavy atom. The van der Waals surface area contributed by atoms with Gasteiger partial charge in [0.1, 0.15) is 21.3 Å². The molecule has 6 nitrogen and oxygen atoms in total. The molecule has 0 saturated carbocycles. The van der Waals surface area contributed by atoms with Crippen molar-refractivity contribution in [2.75, 3.05) is 0 Å². The monoisotopic (exact) mass is 548 g/mol. The van der Waals surface area contributed by atoms with E-state index in [1.54, 1.807) is 33.4 Å². The van der Waals surface area contributed by atoms with Crippen molar-refractivity contribution in [1.82, 2.24) is 19.1 Å². The van der Waals surface area contributed by atoms with Gasteiger partial charge in [-0.3, -0.25) is 18.7 Å². The SMILES string of the molecule is O=c1c2c(-c3ccc(Cl)cc3)csc2nc2n1Cc1nc3scc(-c4ccc(Cl)cc4)c3c(=O)n1C2. The third-order valence-corrected chi connectivity index (χ3v) is 8.70. The Labute approximate surface area is 221 Å². The molecule has 2 aromatic carbocycles. The van der Waals surface area contributed by atoms with Crippen LogP contribution in [0.2, 0.25) is 10.0 Å².